The number of aliphatic hydroxyl groups is 1. The van der Waals surface area contributed by atoms with Crippen LogP contribution in [0.4, 0.5) is 10.5 Å². The van der Waals surface area contributed by atoms with Crippen LogP contribution >= 0.6 is 11.6 Å². The van der Waals surface area contributed by atoms with E-state index < -0.39 is 6.10 Å². The zero-order valence-corrected chi connectivity index (χ0v) is 13.9. The molecule has 0 radical (unpaired) electrons. The molecule has 126 valence electrons. The van der Waals surface area contributed by atoms with Crippen LogP contribution in [0, 0.1) is 0 Å². The molecule has 0 saturated carbocycles. The number of para-hydroxylation sites is 2. The van der Waals surface area contributed by atoms with Crippen molar-refractivity contribution in [2.75, 3.05) is 18.4 Å². The first-order chi connectivity index (χ1) is 11.6. The lowest BCUT2D eigenvalue weighted by Crippen LogP contribution is -2.33. The summed E-state index contributed by atoms with van der Waals surface area (Å²) in [5.74, 6) is 0.588. The summed E-state index contributed by atoms with van der Waals surface area (Å²) in [6, 6.07) is 14.5. The van der Waals surface area contributed by atoms with Crippen LogP contribution in [0.1, 0.15) is 12.0 Å². The van der Waals surface area contributed by atoms with Gasteiger partial charge in [0.2, 0.25) is 0 Å². The molecule has 0 bridgehead atoms. The molecule has 0 unspecified atom stereocenters. The number of benzene rings is 2. The molecule has 6 heteroatoms. The number of urea groups is 1. The number of hydrogen-bond acceptors (Lipinski definition) is 3. The fourth-order valence-corrected chi connectivity index (χ4v) is 2.82. The second-order valence-electron chi connectivity index (χ2n) is 5.73. The van der Waals surface area contributed by atoms with Crippen LogP contribution in [0.3, 0.4) is 0 Å². The van der Waals surface area contributed by atoms with Crippen molar-refractivity contribution in [2.45, 2.75) is 19.1 Å². The fraction of sp³-hybridized carbons (Fsp3) is 0.278. The zero-order chi connectivity index (χ0) is 16.9. The SMILES string of the molecule is O=C(Nc1ccccc1OCc1cccc(Cl)c1)N1CC[C@@H](O)C1. The van der Waals surface area contributed by atoms with Crippen molar-refractivity contribution >= 4 is 23.3 Å². The Morgan fingerprint density at radius 3 is 2.88 bits per heavy atom. The Morgan fingerprint density at radius 2 is 2.12 bits per heavy atom. The van der Waals surface area contributed by atoms with Gasteiger partial charge in [-0.05, 0) is 36.2 Å². The molecule has 3 rings (SSSR count). The standard InChI is InChI=1S/C18H19ClN2O3/c19-14-5-3-4-13(10-14)12-24-17-7-2-1-6-16(17)20-18(23)21-9-8-15(22)11-21/h1-7,10,15,22H,8-9,11-12H2,(H,20,23)/t15-/m1/s1. The number of aliphatic hydroxyl groups excluding tert-OH is 1. The van der Waals surface area contributed by atoms with E-state index in [1.165, 1.54) is 0 Å². The quantitative estimate of drug-likeness (QED) is 0.890. The first-order valence-electron chi connectivity index (χ1n) is 7.82. The van der Waals surface area contributed by atoms with E-state index in [1.807, 2.05) is 36.4 Å². The lowest BCUT2D eigenvalue weighted by Gasteiger charge is -2.18. The number of rotatable bonds is 4. The van der Waals surface area contributed by atoms with Crippen LogP contribution in [0.2, 0.25) is 5.02 Å². The number of amides is 2. The maximum atomic E-state index is 12.3. The molecule has 2 aromatic carbocycles. The molecule has 1 fully saturated rings. The molecule has 0 aromatic heterocycles. The number of hydrogen-bond donors (Lipinski definition) is 2. The average Bonchev–Trinajstić information content (AvgIpc) is 3.01. The smallest absolute Gasteiger partial charge is 0.322 e. The Hall–Kier alpha value is -2.24. The summed E-state index contributed by atoms with van der Waals surface area (Å²) in [4.78, 5) is 13.9. The first kappa shape index (κ1) is 16.6. The maximum absolute atomic E-state index is 12.3. The highest BCUT2D eigenvalue weighted by molar-refractivity contribution is 6.30. The first-order valence-corrected chi connectivity index (χ1v) is 8.20. The normalized spacial score (nSPS) is 16.9. The van der Waals surface area contributed by atoms with E-state index in [9.17, 15) is 9.90 Å². The molecule has 1 heterocycles. The molecule has 2 N–H and O–H groups in total. The molecule has 1 saturated heterocycles. The van der Waals surface area contributed by atoms with Crippen molar-refractivity contribution in [3.8, 4) is 5.75 Å². The summed E-state index contributed by atoms with van der Waals surface area (Å²) in [6.07, 6.45) is 0.172. The topological polar surface area (TPSA) is 61.8 Å². The van der Waals surface area contributed by atoms with Gasteiger partial charge in [0.05, 0.1) is 11.8 Å². The highest BCUT2D eigenvalue weighted by Crippen LogP contribution is 2.26. The number of carbonyl (C=O) groups excluding carboxylic acids is 1. The van der Waals surface area contributed by atoms with Crippen molar-refractivity contribution in [3.05, 3.63) is 59.1 Å². The number of ether oxygens (including phenoxy) is 1. The van der Waals surface area contributed by atoms with Crippen LogP contribution in [0.5, 0.6) is 5.75 Å². The molecule has 0 aliphatic carbocycles. The number of β-amino-alcohol motifs (C(OH)–C–C–N with tert-alkyl or cyclic N) is 1. The fourth-order valence-electron chi connectivity index (χ4n) is 2.60. The lowest BCUT2D eigenvalue weighted by molar-refractivity contribution is 0.176. The minimum Gasteiger partial charge on any atom is -0.487 e. The maximum Gasteiger partial charge on any atom is 0.322 e. The van der Waals surface area contributed by atoms with Crippen LogP contribution < -0.4 is 10.1 Å². The van der Waals surface area contributed by atoms with Gasteiger partial charge in [0.15, 0.2) is 0 Å². The number of nitrogens with one attached hydrogen (secondary N) is 1. The van der Waals surface area contributed by atoms with Gasteiger partial charge in [0, 0.05) is 18.1 Å². The van der Waals surface area contributed by atoms with Crippen LogP contribution in [0.15, 0.2) is 48.5 Å². The van der Waals surface area contributed by atoms with E-state index in [1.54, 1.807) is 17.0 Å². The van der Waals surface area contributed by atoms with Crippen molar-refractivity contribution in [1.82, 2.24) is 4.90 Å². The van der Waals surface area contributed by atoms with Crippen molar-refractivity contribution in [3.63, 3.8) is 0 Å². The van der Waals surface area contributed by atoms with Gasteiger partial charge in [-0.2, -0.15) is 0 Å². The van der Waals surface area contributed by atoms with E-state index in [0.717, 1.165) is 5.56 Å². The van der Waals surface area contributed by atoms with Gasteiger partial charge in [-0.1, -0.05) is 35.9 Å². The third kappa shape index (κ3) is 4.19. The van der Waals surface area contributed by atoms with Crippen molar-refractivity contribution in [1.29, 1.82) is 0 Å². The second kappa shape index (κ2) is 7.55. The Kier molecular flexibility index (Phi) is 5.23. The molecule has 1 atom stereocenters. The minimum atomic E-state index is -0.440. The number of halogens is 1. The highest BCUT2D eigenvalue weighted by Gasteiger charge is 2.24. The van der Waals surface area contributed by atoms with Gasteiger partial charge in [-0.3, -0.25) is 0 Å². The van der Waals surface area contributed by atoms with Gasteiger partial charge in [0.25, 0.3) is 0 Å². The van der Waals surface area contributed by atoms with Gasteiger partial charge < -0.3 is 20.1 Å². The lowest BCUT2D eigenvalue weighted by atomic mass is 10.2. The number of anilines is 1. The van der Waals surface area contributed by atoms with E-state index in [2.05, 4.69) is 5.32 Å². The minimum absolute atomic E-state index is 0.231. The molecule has 0 spiro atoms. The molecular formula is C18H19ClN2O3. The number of carbonyl (C=O) groups is 1. The summed E-state index contributed by atoms with van der Waals surface area (Å²) >= 11 is 5.97. The number of nitrogens with zero attached hydrogens (tertiary/aromatic N) is 1. The summed E-state index contributed by atoms with van der Waals surface area (Å²) in [6.45, 7) is 1.27. The van der Waals surface area contributed by atoms with E-state index >= 15 is 0 Å². The summed E-state index contributed by atoms with van der Waals surface area (Å²) in [5, 5.41) is 13.0. The van der Waals surface area contributed by atoms with Crippen LogP contribution in [-0.4, -0.2) is 35.2 Å². The summed E-state index contributed by atoms with van der Waals surface area (Å²) in [7, 11) is 0. The molecule has 24 heavy (non-hydrogen) atoms. The Bertz CT molecular complexity index is 723. The Morgan fingerprint density at radius 1 is 1.29 bits per heavy atom. The van der Waals surface area contributed by atoms with Crippen LogP contribution in [-0.2, 0) is 6.61 Å². The van der Waals surface area contributed by atoms with Gasteiger partial charge in [-0.15, -0.1) is 0 Å². The molecule has 2 aromatic rings. The molecule has 5 nitrogen and oxygen atoms in total. The third-order valence-corrected chi connectivity index (χ3v) is 4.10. The largest absolute Gasteiger partial charge is 0.487 e. The molecule has 2 amide bonds. The predicted octanol–water partition coefficient (Wildman–Crippen LogP) is 3.52. The van der Waals surface area contributed by atoms with Crippen molar-refractivity contribution in [2.24, 2.45) is 0 Å². The zero-order valence-electron chi connectivity index (χ0n) is 13.1. The number of likely N-dealkylation sites (tertiary alicyclic amines) is 1. The molecule has 1 aliphatic rings. The van der Waals surface area contributed by atoms with Crippen LogP contribution in [0.25, 0.3) is 0 Å². The van der Waals surface area contributed by atoms with E-state index in [4.69, 9.17) is 16.3 Å². The van der Waals surface area contributed by atoms with E-state index in [0.29, 0.717) is 42.6 Å². The van der Waals surface area contributed by atoms with Gasteiger partial charge in [-0.25, -0.2) is 4.79 Å². The Labute approximate surface area is 145 Å². The average molecular weight is 347 g/mol. The highest BCUT2D eigenvalue weighted by atomic mass is 35.5. The summed E-state index contributed by atoms with van der Waals surface area (Å²) < 4.78 is 5.82. The third-order valence-electron chi connectivity index (χ3n) is 3.86. The monoisotopic (exact) mass is 346 g/mol. The summed E-state index contributed by atoms with van der Waals surface area (Å²) in [5.41, 5.74) is 1.55. The van der Waals surface area contributed by atoms with Gasteiger partial charge >= 0.3 is 6.03 Å². The molecular weight excluding hydrogens is 328 g/mol. The van der Waals surface area contributed by atoms with Crippen molar-refractivity contribution < 1.29 is 14.6 Å². The second-order valence-corrected chi connectivity index (χ2v) is 6.17. The molecule has 1 aliphatic heterocycles. The van der Waals surface area contributed by atoms with Gasteiger partial charge in [0.1, 0.15) is 12.4 Å². The van der Waals surface area contributed by atoms with E-state index in [-0.39, 0.29) is 6.03 Å². The predicted molar refractivity (Wildman–Crippen MR) is 93.4 cm³/mol. The Balaban J connectivity index is 1.65.